The van der Waals surface area contributed by atoms with E-state index >= 15 is 0 Å². The quantitative estimate of drug-likeness (QED) is 0.835. The van der Waals surface area contributed by atoms with E-state index in [-0.39, 0.29) is 11.9 Å². The molecular weight excluding hydrogens is 360 g/mol. The van der Waals surface area contributed by atoms with Crippen molar-refractivity contribution in [3.05, 3.63) is 47.0 Å². The molecule has 0 unspecified atom stereocenters. The normalized spacial score (nSPS) is 13.6. The van der Waals surface area contributed by atoms with Gasteiger partial charge in [-0.05, 0) is 24.6 Å². The number of aromatic nitrogens is 3. The van der Waals surface area contributed by atoms with Crippen LogP contribution in [0.25, 0.3) is 0 Å². The van der Waals surface area contributed by atoms with Crippen molar-refractivity contribution in [2.45, 2.75) is 32.7 Å². The molecule has 0 spiro atoms. The van der Waals surface area contributed by atoms with Crippen LogP contribution in [0.2, 0.25) is 0 Å². The number of hydrogen-bond donors (Lipinski definition) is 1. The van der Waals surface area contributed by atoms with E-state index in [4.69, 9.17) is 4.74 Å². The summed E-state index contributed by atoms with van der Waals surface area (Å²) in [6.07, 6.45) is 0.844. The molecule has 0 radical (unpaired) electrons. The van der Waals surface area contributed by atoms with E-state index in [2.05, 4.69) is 15.4 Å². The van der Waals surface area contributed by atoms with Crippen molar-refractivity contribution < 1.29 is 14.3 Å². The first-order chi connectivity index (χ1) is 13.5. The van der Waals surface area contributed by atoms with E-state index in [1.807, 2.05) is 21.7 Å². The molecular formula is C19H26N6O3. The Labute approximate surface area is 164 Å². The van der Waals surface area contributed by atoms with Crippen LogP contribution in [0.4, 0.5) is 4.79 Å². The fraction of sp³-hybridized carbons (Fsp3) is 0.474. The van der Waals surface area contributed by atoms with Crippen molar-refractivity contribution in [1.29, 1.82) is 0 Å². The second-order valence-electron chi connectivity index (χ2n) is 6.93. The Balaban J connectivity index is 1.63. The monoisotopic (exact) mass is 386 g/mol. The molecule has 1 N–H and O–H groups in total. The molecule has 2 aromatic rings. The molecule has 0 aliphatic carbocycles. The number of urea groups is 1. The fourth-order valence-corrected chi connectivity index (χ4v) is 3.15. The maximum Gasteiger partial charge on any atom is 0.319 e. The van der Waals surface area contributed by atoms with Crippen molar-refractivity contribution in [2.75, 3.05) is 27.7 Å². The lowest BCUT2D eigenvalue weighted by Gasteiger charge is -2.23. The van der Waals surface area contributed by atoms with Gasteiger partial charge in [0.05, 0.1) is 36.8 Å². The zero-order valence-corrected chi connectivity index (χ0v) is 16.5. The van der Waals surface area contributed by atoms with Gasteiger partial charge in [0, 0.05) is 34.3 Å². The minimum Gasteiger partial charge on any atom is -0.378 e. The van der Waals surface area contributed by atoms with Gasteiger partial charge in [-0.1, -0.05) is 6.07 Å². The second kappa shape index (κ2) is 8.83. The molecule has 0 saturated heterocycles. The Morgan fingerprint density at radius 2 is 2.07 bits per heavy atom. The number of fused-ring (bicyclic) bond motifs is 1. The minimum absolute atomic E-state index is 0.00785. The Kier molecular flexibility index (Phi) is 6.25. The van der Waals surface area contributed by atoms with Gasteiger partial charge < -0.3 is 19.9 Å². The lowest BCUT2D eigenvalue weighted by Crippen LogP contribution is -2.38. The summed E-state index contributed by atoms with van der Waals surface area (Å²) < 4.78 is 6.97. The number of ether oxygens (including phenoxy) is 1. The molecule has 0 bridgehead atoms. The van der Waals surface area contributed by atoms with Crippen LogP contribution in [0, 0.1) is 0 Å². The van der Waals surface area contributed by atoms with Gasteiger partial charge in [0.15, 0.2) is 0 Å². The summed E-state index contributed by atoms with van der Waals surface area (Å²) in [7, 11) is 5.09. The van der Waals surface area contributed by atoms with Crippen LogP contribution < -0.4 is 5.32 Å². The highest BCUT2D eigenvalue weighted by Crippen LogP contribution is 2.15. The number of amides is 3. The summed E-state index contributed by atoms with van der Waals surface area (Å²) in [4.78, 5) is 32.3. The number of nitrogens with zero attached hydrogens (tertiary/aromatic N) is 5. The maximum absolute atomic E-state index is 12.4. The Bertz CT molecular complexity index is 848. The number of carbonyl (C=O) groups is 2. The first-order valence-corrected chi connectivity index (χ1v) is 9.23. The lowest BCUT2D eigenvalue weighted by molar-refractivity contribution is 0.0944. The average Bonchev–Trinajstić information content (AvgIpc) is 2.96. The molecule has 1 aliphatic heterocycles. The topological polar surface area (TPSA) is 92.6 Å². The first kappa shape index (κ1) is 19.8. The largest absolute Gasteiger partial charge is 0.378 e. The predicted octanol–water partition coefficient (Wildman–Crippen LogP) is 1.24. The van der Waals surface area contributed by atoms with Crippen molar-refractivity contribution in [3.8, 4) is 0 Å². The van der Waals surface area contributed by atoms with E-state index in [0.717, 1.165) is 24.4 Å². The van der Waals surface area contributed by atoms with Gasteiger partial charge in [-0.15, -0.1) is 0 Å². The Morgan fingerprint density at radius 1 is 1.25 bits per heavy atom. The number of pyridine rings is 1. The van der Waals surface area contributed by atoms with Gasteiger partial charge in [0.1, 0.15) is 5.69 Å². The van der Waals surface area contributed by atoms with E-state index in [9.17, 15) is 9.59 Å². The van der Waals surface area contributed by atoms with Crippen molar-refractivity contribution in [3.63, 3.8) is 0 Å². The molecule has 3 amide bonds. The predicted molar refractivity (Wildman–Crippen MR) is 102 cm³/mol. The molecule has 0 atom stereocenters. The van der Waals surface area contributed by atoms with E-state index in [1.165, 1.54) is 0 Å². The molecule has 3 heterocycles. The molecule has 2 aromatic heterocycles. The molecule has 0 fully saturated rings. The third-order valence-electron chi connectivity index (χ3n) is 4.48. The second-order valence-corrected chi connectivity index (χ2v) is 6.93. The molecule has 1 aliphatic rings. The zero-order valence-electron chi connectivity index (χ0n) is 16.5. The fourth-order valence-electron chi connectivity index (χ4n) is 3.15. The SMILES string of the molecule is COCc1cccc(C(=O)NCc2cc3n(n2)CCCN(C(=O)N(C)C)C3)n1. The number of carbonyl (C=O) groups excluding carboxylic acids is 2. The van der Waals surface area contributed by atoms with Crippen molar-refractivity contribution in [1.82, 2.24) is 29.9 Å². The van der Waals surface area contributed by atoms with Crippen LogP contribution in [0.5, 0.6) is 0 Å². The van der Waals surface area contributed by atoms with E-state index in [0.29, 0.717) is 37.6 Å². The molecule has 0 saturated carbocycles. The molecule has 9 heteroatoms. The third-order valence-corrected chi connectivity index (χ3v) is 4.48. The van der Waals surface area contributed by atoms with Gasteiger partial charge in [-0.3, -0.25) is 9.48 Å². The number of rotatable bonds is 5. The number of nitrogens with one attached hydrogen (secondary N) is 1. The summed E-state index contributed by atoms with van der Waals surface area (Å²) >= 11 is 0. The van der Waals surface area contributed by atoms with Crippen LogP contribution >= 0.6 is 0 Å². The average molecular weight is 386 g/mol. The number of aryl methyl sites for hydroxylation is 1. The third kappa shape index (κ3) is 4.66. The van der Waals surface area contributed by atoms with Crippen LogP contribution in [-0.2, 0) is 31.0 Å². The van der Waals surface area contributed by atoms with E-state index in [1.54, 1.807) is 38.2 Å². The van der Waals surface area contributed by atoms with Crippen LogP contribution in [0.3, 0.4) is 0 Å². The van der Waals surface area contributed by atoms with Gasteiger partial charge in [-0.2, -0.15) is 5.10 Å². The standard InChI is InChI=1S/C19H26N6O3/c1-23(2)19(27)24-8-5-9-25-16(12-24)10-15(22-25)11-20-18(26)17-7-4-6-14(21-17)13-28-3/h4,6-7,10H,5,8-9,11-13H2,1-3H3,(H,20,26). The highest BCUT2D eigenvalue weighted by atomic mass is 16.5. The van der Waals surface area contributed by atoms with Crippen molar-refractivity contribution in [2.24, 2.45) is 0 Å². The summed E-state index contributed by atoms with van der Waals surface area (Å²) in [6.45, 7) is 2.63. The maximum atomic E-state index is 12.4. The number of hydrogen-bond acceptors (Lipinski definition) is 5. The molecule has 150 valence electrons. The van der Waals surface area contributed by atoms with Gasteiger partial charge in [0.25, 0.3) is 5.91 Å². The first-order valence-electron chi connectivity index (χ1n) is 9.23. The Hall–Kier alpha value is -2.94. The molecule has 28 heavy (non-hydrogen) atoms. The smallest absolute Gasteiger partial charge is 0.319 e. The lowest BCUT2D eigenvalue weighted by atomic mass is 10.3. The highest BCUT2D eigenvalue weighted by molar-refractivity contribution is 5.92. The zero-order chi connectivity index (χ0) is 20.1. The highest BCUT2D eigenvalue weighted by Gasteiger charge is 2.21. The van der Waals surface area contributed by atoms with Crippen LogP contribution in [-0.4, -0.2) is 64.3 Å². The van der Waals surface area contributed by atoms with Gasteiger partial charge in [0.2, 0.25) is 0 Å². The van der Waals surface area contributed by atoms with Gasteiger partial charge >= 0.3 is 6.03 Å². The summed E-state index contributed by atoms with van der Waals surface area (Å²) in [5, 5.41) is 7.43. The van der Waals surface area contributed by atoms with Gasteiger partial charge in [-0.25, -0.2) is 9.78 Å². The van der Waals surface area contributed by atoms with Crippen LogP contribution in [0.15, 0.2) is 24.3 Å². The summed E-state index contributed by atoms with van der Waals surface area (Å²) in [5.74, 6) is -0.259. The number of methoxy groups -OCH3 is 1. The Morgan fingerprint density at radius 3 is 2.82 bits per heavy atom. The van der Waals surface area contributed by atoms with Crippen molar-refractivity contribution >= 4 is 11.9 Å². The molecule has 3 rings (SSSR count). The summed E-state index contributed by atoms with van der Waals surface area (Å²) in [6, 6.07) is 7.20. The minimum atomic E-state index is -0.259. The molecule has 9 nitrogen and oxygen atoms in total. The molecule has 0 aromatic carbocycles. The van der Waals surface area contributed by atoms with E-state index < -0.39 is 0 Å². The summed E-state index contributed by atoms with van der Waals surface area (Å²) in [5.41, 5.74) is 2.78. The van der Waals surface area contributed by atoms with Crippen LogP contribution in [0.1, 0.15) is 34.0 Å².